The molecule has 49 heavy (non-hydrogen) atoms. The van der Waals surface area contributed by atoms with Crippen LogP contribution in [0.1, 0.15) is 33.4 Å². The molecule has 1 aliphatic rings. The number of hydrogen-bond acceptors (Lipinski definition) is 17. The molecule has 1 aliphatic heterocycles. The number of ketones is 1. The number of anilines is 1. The minimum atomic E-state index is -5.56. The fourth-order valence-corrected chi connectivity index (χ4v) is 6.99. The summed E-state index contributed by atoms with van der Waals surface area (Å²) >= 11 is 0. The van der Waals surface area contributed by atoms with Crippen molar-refractivity contribution in [3.05, 3.63) is 12.7 Å². The number of nitrogens with one attached hydrogen (secondary N) is 2. The average molecular weight is 763 g/mol. The SMILES string of the molecule is CC(=O)CNC(=O)CCNC(=O)[C@H](O)C(C)(C)COP(=O)(O)OP(=O)(O)OCC1OC(n2cnc3c(N)ncnc32)C(O)C1OP(=O)(O)O. The van der Waals surface area contributed by atoms with Gasteiger partial charge in [0.15, 0.2) is 17.7 Å². The highest BCUT2D eigenvalue weighted by molar-refractivity contribution is 7.61. The Morgan fingerprint density at radius 1 is 1.08 bits per heavy atom. The monoisotopic (exact) mass is 763 g/mol. The van der Waals surface area contributed by atoms with Gasteiger partial charge in [-0.3, -0.25) is 32.5 Å². The van der Waals surface area contributed by atoms with Crippen LogP contribution >= 0.6 is 23.5 Å². The van der Waals surface area contributed by atoms with E-state index in [1.807, 2.05) is 0 Å². The number of rotatable bonds is 18. The Morgan fingerprint density at radius 3 is 2.37 bits per heavy atom. The topological polar surface area (TPSA) is 364 Å². The van der Waals surface area contributed by atoms with Crippen LogP contribution in [0.25, 0.3) is 11.2 Å². The van der Waals surface area contributed by atoms with Crippen molar-refractivity contribution in [3.8, 4) is 0 Å². The molecule has 1 saturated heterocycles. The first-order valence-electron chi connectivity index (χ1n) is 13.9. The summed E-state index contributed by atoms with van der Waals surface area (Å²) in [7, 11) is -16.4. The Hall–Kier alpha value is -2.79. The predicted octanol–water partition coefficient (Wildman–Crippen LogP) is -2.01. The van der Waals surface area contributed by atoms with Gasteiger partial charge in [-0.05, 0) is 6.92 Å². The second-order valence-electron chi connectivity index (χ2n) is 11.2. The Labute approximate surface area is 276 Å². The fraction of sp³-hybridized carbons (Fsp3) is 0.636. The van der Waals surface area contributed by atoms with Crippen molar-refractivity contribution in [3.63, 3.8) is 0 Å². The van der Waals surface area contributed by atoms with E-state index in [2.05, 4.69) is 34.4 Å². The van der Waals surface area contributed by atoms with Gasteiger partial charge in [-0.15, -0.1) is 0 Å². The summed E-state index contributed by atoms with van der Waals surface area (Å²) in [6, 6.07) is 0. The molecular weight excluding hydrogens is 727 g/mol. The predicted molar refractivity (Wildman–Crippen MR) is 160 cm³/mol. The number of ether oxygens (including phenoxy) is 1. The fourth-order valence-electron chi connectivity index (χ4n) is 4.16. The van der Waals surface area contributed by atoms with Crippen LogP contribution in [-0.2, 0) is 50.7 Å². The number of phosphoric ester groups is 3. The van der Waals surface area contributed by atoms with Crippen molar-refractivity contribution in [1.82, 2.24) is 30.2 Å². The Morgan fingerprint density at radius 2 is 1.73 bits per heavy atom. The molecule has 6 unspecified atom stereocenters. The van der Waals surface area contributed by atoms with Crippen molar-refractivity contribution in [1.29, 1.82) is 0 Å². The Kier molecular flexibility index (Phi) is 13.3. The van der Waals surface area contributed by atoms with Crippen molar-refractivity contribution in [2.45, 2.75) is 57.8 Å². The molecule has 0 aliphatic carbocycles. The van der Waals surface area contributed by atoms with Crippen LogP contribution in [0.15, 0.2) is 12.7 Å². The van der Waals surface area contributed by atoms with Gasteiger partial charge in [-0.25, -0.2) is 28.6 Å². The smallest absolute Gasteiger partial charge is 0.386 e. The molecule has 2 aromatic heterocycles. The summed E-state index contributed by atoms with van der Waals surface area (Å²) < 4.78 is 61.7. The number of nitrogens with zero attached hydrogens (tertiary/aromatic N) is 4. The highest BCUT2D eigenvalue weighted by atomic mass is 31.3. The third-order valence-corrected chi connectivity index (χ3v) is 9.71. The van der Waals surface area contributed by atoms with Gasteiger partial charge in [-0.1, -0.05) is 13.8 Å². The molecule has 0 saturated carbocycles. The van der Waals surface area contributed by atoms with Gasteiger partial charge >= 0.3 is 23.5 Å². The number of nitrogen functional groups attached to an aromatic ring is 1. The maximum absolute atomic E-state index is 12.6. The number of Topliss-reactive ketones (excluding diaryl/α,β-unsaturated/α-hetero) is 1. The summed E-state index contributed by atoms with van der Waals surface area (Å²) in [5.41, 5.74) is 4.24. The zero-order valence-electron chi connectivity index (χ0n) is 26.0. The lowest BCUT2D eigenvalue weighted by Crippen LogP contribution is -2.46. The third-order valence-electron chi connectivity index (χ3n) is 6.61. The summed E-state index contributed by atoms with van der Waals surface area (Å²) in [6.07, 6.45) is -6.97. The van der Waals surface area contributed by atoms with Crippen LogP contribution < -0.4 is 16.4 Å². The number of carbonyl (C=O) groups is 3. The Bertz CT molecular complexity index is 1670. The van der Waals surface area contributed by atoms with E-state index in [1.54, 1.807) is 0 Å². The average Bonchev–Trinajstić information content (AvgIpc) is 3.54. The molecular formula is C22H36N7O17P3. The zero-order chi connectivity index (χ0) is 36.9. The number of nitrogens with two attached hydrogens (primary N) is 1. The van der Waals surface area contributed by atoms with Gasteiger partial charge in [0, 0.05) is 18.4 Å². The standard InChI is InChI=1S/C22H36N7O17P3/c1-11(30)6-25-13(31)4-5-24-20(34)17(33)22(2,3)8-43-49(40,41)46-48(38,39)42-7-12-16(45-47(35,36)37)15(32)21(44-12)29-10-28-14-18(23)26-9-27-19(14)29/h9-10,12,15-17,21,32-33H,4-8H2,1-3H3,(H,24,34)(H,25,31)(H,38,39)(H,40,41)(H2,23,26,27)(H2,35,36,37)/t12?,15?,16?,17-,21?/m0/s1. The molecule has 0 bridgehead atoms. The maximum Gasteiger partial charge on any atom is 0.481 e. The minimum Gasteiger partial charge on any atom is -0.386 e. The summed E-state index contributed by atoms with van der Waals surface area (Å²) in [4.78, 5) is 85.6. The molecule has 24 nitrogen and oxygen atoms in total. The normalized spacial score (nSPS) is 23.0. The molecule has 0 radical (unpaired) electrons. The van der Waals surface area contributed by atoms with E-state index in [-0.39, 0.29) is 42.3 Å². The number of fused-ring (bicyclic) bond motifs is 1. The van der Waals surface area contributed by atoms with Crippen molar-refractivity contribution in [2.24, 2.45) is 5.41 Å². The third kappa shape index (κ3) is 11.6. The molecule has 0 spiro atoms. The lowest BCUT2D eigenvalue weighted by Gasteiger charge is -2.30. The van der Waals surface area contributed by atoms with Crippen molar-refractivity contribution >= 4 is 58.0 Å². The number of aliphatic hydroxyl groups excluding tert-OH is 2. The number of amides is 2. The first-order chi connectivity index (χ1) is 22.5. The second-order valence-corrected chi connectivity index (χ2v) is 15.4. The Balaban J connectivity index is 1.59. The maximum atomic E-state index is 12.6. The van der Waals surface area contributed by atoms with Gasteiger partial charge in [-0.2, -0.15) is 4.31 Å². The van der Waals surface area contributed by atoms with Crippen molar-refractivity contribution < 1.29 is 80.5 Å². The van der Waals surface area contributed by atoms with E-state index >= 15 is 0 Å². The van der Waals surface area contributed by atoms with Crippen LogP contribution in [0.4, 0.5) is 5.82 Å². The molecule has 0 aromatic carbocycles. The van der Waals surface area contributed by atoms with Gasteiger partial charge in [0.05, 0.1) is 26.1 Å². The summed E-state index contributed by atoms with van der Waals surface area (Å²) in [5, 5.41) is 25.8. The second kappa shape index (κ2) is 16.0. The summed E-state index contributed by atoms with van der Waals surface area (Å²) in [5.74, 6) is -1.88. The number of carbonyl (C=O) groups excluding carboxylic acids is 3. The number of aromatic nitrogens is 4. The molecule has 3 rings (SSSR count). The molecule has 10 N–H and O–H groups in total. The van der Waals surface area contributed by atoms with E-state index in [1.165, 1.54) is 20.8 Å². The number of phosphoric acid groups is 3. The van der Waals surface area contributed by atoms with Gasteiger partial charge < -0.3 is 50.9 Å². The molecule has 3 heterocycles. The van der Waals surface area contributed by atoms with E-state index in [9.17, 15) is 57.9 Å². The van der Waals surface area contributed by atoms with Crippen LogP contribution in [0, 0.1) is 5.41 Å². The van der Waals surface area contributed by atoms with Crippen LogP contribution in [0.2, 0.25) is 0 Å². The quantitative estimate of drug-likeness (QED) is 0.0741. The minimum absolute atomic E-state index is 0.0293. The van der Waals surface area contributed by atoms with E-state index in [4.69, 9.17) is 19.5 Å². The number of aliphatic hydroxyl groups is 2. The molecule has 7 atom stereocenters. The zero-order valence-corrected chi connectivity index (χ0v) is 28.6. The first-order valence-corrected chi connectivity index (χ1v) is 18.4. The van der Waals surface area contributed by atoms with E-state index < -0.39 is 84.6 Å². The highest BCUT2D eigenvalue weighted by Crippen LogP contribution is 2.61. The van der Waals surface area contributed by atoms with Crippen molar-refractivity contribution in [2.75, 3.05) is 32.0 Å². The van der Waals surface area contributed by atoms with Gasteiger partial charge in [0.1, 0.15) is 42.0 Å². The molecule has 27 heteroatoms. The largest absolute Gasteiger partial charge is 0.481 e. The summed E-state index contributed by atoms with van der Waals surface area (Å²) in [6.45, 7) is 1.28. The highest BCUT2D eigenvalue weighted by Gasteiger charge is 2.50. The van der Waals surface area contributed by atoms with Crippen LogP contribution in [-0.4, -0.2) is 118 Å². The lowest BCUT2D eigenvalue weighted by molar-refractivity contribution is -0.137. The molecule has 2 aromatic rings. The van der Waals surface area contributed by atoms with Crippen LogP contribution in [0.5, 0.6) is 0 Å². The van der Waals surface area contributed by atoms with E-state index in [0.29, 0.717) is 0 Å². The first kappa shape index (κ1) is 40.6. The van der Waals surface area contributed by atoms with Crippen LogP contribution in [0.3, 0.4) is 0 Å². The van der Waals surface area contributed by atoms with Gasteiger partial charge in [0.25, 0.3) is 0 Å². The van der Waals surface area contributed by atoms with Gasteiger partial charge in [0.2, 0.25) is 11.8 Å². The number of imidazole rings is 1. The number of hydrogen-bond donors (Lipinski definition) is 9. The molecule has 276 valence electrons. The molecule has 2 amide bonds. The lowest BCUT2D eigenvalue weighted by atomic mass is 9.87. The van der Waals surface area contributed by atoms with E-state index in [0.717, 1.165) is 17.2 Å². The molecule has 1 fully saturated rings.